The Morgan fingerprint density at radius 1 is 0.778 bits per heavy atom. The minimum Gasteiger partial charge on any atom is -0.614 e. The normalized spacial score (nSPS) is 15.3. The average molecular weight is 620 g/mol. The lowest BCUT2D eigenvalue weighted by Crippen LogP contribution is -2.50. The van der Waals surface area contributed by atoms with E-state index in [-0.39, 0.29) is 5.95 Å². The smallest absolute Gasteiger partial charge is 0.382 e. The van der Waals surface area contributed by atoms with Crippen LogP contribution in [0.15, 0.2) is 103 Å². The maximum Gasteiger partial charge on any atom is 0.382 e. The van der Waals surface area contributed by atoms with Gasteiger partial charge in [-0.15, -0.1) is 0 Å². The maximum absolute atomic E-state index is 12.4. The van der Waals surface area contributed by atoms with Crippen LogP contribution in [0, 0.1) is 0 Å². The van der Waals surface area contributed by atoms with Gasteiger partial charge < -0.3 is 19.5 Å². The quantitative estimate of drug-likeness (QED) is 0.220. The molecule has 10 nitrogen and oxygen atoms in total. The van der Waals surface area contributed by atoms with E-state index in [4.69, 9.17) is 4.98 Å². The molecule has 0 spiro atoms. The predicted molar refractivity (Wildman–Crippen MR) is 179 cm³/mol. The molecule has 2 atom stereocenters. The molecule has 45 heavy (non-hydrogen) atoms. The second kappa shape index (κ2) is 12.9. The molecule has 228 valence electrons. The lowest BCUT2D eigenvalue weighted by atomic mass is 10.0. The van der Waals surface area contributed by atoms with E-state index in [0.717, 1.165) is 35.6 Å². The maximum atomic E-state index is 12.4. The highest BCUT2D eigenvalue weighted by Crippen LogP contribution is 2.32. The van der Waals surface area contributed by atoms with Crippen LogP contribution >= 0.6 is 0 Å². The summed E-state index contributed by atoms with van der Waals surface area (Å²) in [4.78, 5) is 32.7. The number of carbonyl (C=O) groups is 1. The van der Waals surface area contributed by atoms with Gasteiger partial charge >= 0.3 is 5.97 Å². The van der Waals surface area contributed by atoms with Gasteiger partial charge in [-0.05, 0) is 51.6 Å². The number of nitrogens with zero attached hydrogens (tertiary/aromatic N) is 6. The van der Waals surface area contributed by atoms with Crippen molar-refractivity contribution in [1.82, 2.24) is 19.9 Å². The molecule has 0 amide bonds. The van der Waals surface area contributed by atoms with Gasteiger partial charge in [0.1, 0.15) is 5.82 Å². The minimum atomic E-state index is -1.77. The van der Waals surface area contributed by atoms with E-state index in [2.05, 4.69) is 49.4 Å². The highest BCUT2D eigenvalue weighted by atomic mass is 32.2. The van der Waals surface area contributed by atoms with Crippen molar-refractivity contribution in [3.8, 4) is 33.6 Å². The first-order chi connectivity index (χ1) is 21.8. The average Bonchev–Trinajstić information content (AvgIpc) is 3.68. The van der Waals surface area contributed by atoms with Crippen molar-refractivity contribution in [2.75, 3.05) is 47.6 Å². The Morgan fingerprint density at radius 2 is 1.38 bits per heavy atom. The van der Waals surface area contributed by atoms with E-state index in [0.29, 0.717) is 24.9 Å². The zero-order valence-electron chi connectivity index (χ0n) is 25.0. The van der Waals surface area contributed by atoms with Crippen molar-refractivity contribution < 1.29 is 14.5 Å². The highest BCUT2D eigenvalue weighted by molar-refractivity contribution is 7.93. The zero-order chi connectivity index (χ0) is 31.4. The number of anilines is 3. The molecular formula is C34H33N7O3S. The first-order valence-electron chi connectivity index (χ1n) is 14.6. The number of fused-ring (bicyclic) bond motifs is 1. The molecule has 1 unspecified atom stereocenters. The van der Waals surface area contributed by atoms with Gasteiger partial charge in [0.2, 0.25) is 11.9 Å². The number of nitrogens with one attached hydrogen (secondary N) is 1. The van der Waals surface area contributed by atoms with Crippen LogP contribution in [0.1, 0.15) is 6.92 Å². The summed E-state index contributed by atoms with van der Waals surface area (Å²) >= 11 is -1.75. The molecule has 2 aliphatic carbocycles. The van der Waals surface area contributed by atoms with Crippen molar-refractivity contribution in [3.63, 3.8) is 0 Å². The molecule has 4 aromatic rings. The second-order valence-corrected chi connectivity index (χ2v) is 12.6. The molecular weight excluding hydrogens is 586 g/mol. The number of carboxylic acids is 1. The van der Waals surface area contributed by atoms with E-state index in [1.54, 1.807) is 6.20 Å². The summed E-state index contributed by atoms with van der Waals surface area (Å²) in [5.41, 5.74) is 5.75. The Morgan fingerprint density at radius 3 is 1.93 bits per heavy atom. The Hall–Kier alpha value is -5.00. The molecule has 2 aromatic carbocycles. The number of carboxylic acid groups (broad SMARTS) is 1. The zero-order valence-corrected chi connectivity index (χ0v) is 25.8. The van der Waals surface area contributed by atoms with Crippen molar-refractivity contribution in [2.24, 2.45) is 0 Å². The molecule has 0 radical (unpaired) electrons. The number of piperazine rings is 1. The van der Waals surface area contributed by atoms with Gasteiger partial charge in [-0.1, -0.05) is 78.9 Å². The van der Waals surface area contributed by atoms with Gasteiger partial charge in [0.05, 0.1) is 6.26 Å². The van der Waals surface area contributed by atoms with Crippen LogP contribution < -0.4 is 15.1 Å². The van der Waals surface area contributed by atoms with Crippen LogP contribution in [-0.2, 0) is 16.0 Å². The number of hydrogen-bond acceptors (Lipinski definition) is 9. The fourth-order valence-corrected chi connectivity index (χ4v) is 5.43. The third-order valence-corrected chi connectivity index (χ3v) is 9.28. The van der Waals surface area contributed by atoms with Crippen LogP contribution in [0.5, 0.6) is 0 Å². The third kappa shape index (κ3) is 6.89. The van der Waals surface area contributed by atoms with Crippen molar-refractivity contribution in [3.05, 3.63) is 103 Å². The van der Waals surface area contributed by atoms with Crippen LogP contribution in [-0.4, -0.2) is 72.9 Å². The fraction of sp³-hybridized carbons (Fsp3) is 0.206. The summed E-state index contributed by atoms with van der Waals surface area (Å²) in [6.45, 7) is 4.08. The summed E-state index contributed by atoms with van der Waals surface area (Å²) in [5, 5.41) is 12.6. The summed E-state index contributed by atoms with van der Waals surface area (Å²) in [6, 6.07) is 32.2. The van der Waals surface area contributed by atoms with Gasteiger partial charge in [0.25, 0.3) is 4.87 Å². The van der Waals surface area contributed by atoms with Crippen molar-refractivity contribution >= 4 is 34.9 Å². The number of rotatable bonds is 8. The Kier molecular flexibility index (Phi) is 8.63. The number of aromatic nitrogens is 4. The SMILES string of the molecule is C[S@@+]([O-])C(C)(Nc1nc(-c2ccc(-c3ccccc3)cc2)nc(N2CCN(c3ccccn3)CC2)n1)C(=O)O.c1cc2cc-2c1. The van der Waals surface area contributed by atoms with Gasteiger partial charge in [-0.25, -0.2) is 9.78 Å². The van der Waals surface area contributed by atoms with E-state index >= 15 is 0 Å². The Balaban J connectivity index is 0.000000525. The summed E-state index contributed by atoms with van der Waals surface area (Å²) in [6.07, 6.45) is 3.11. The number of benzene rings is 3. The highest BCUT2D eigenvalue weighted by Gasteiger charge is 2.44. The molecule has 2 N–H and O–H groups in total. The molecule has 0 bridgehead atoms. The number of aliphatic carboxylic acids is 1. The second-order valence-electron chi connectivity index (χ2n) is 10.9. The minimum absolute atomic E-state index is 0.0504. The summed E-state index contributed by atoms with van der Waals surface area (Å²) in [5.74, 6) is 0.517. The van der Waals surface area contributed by atoms with Crippen LogP contribution in [0.2, 0.25) is 0 Å². The lowest BCUT2D eigenvalue weighted by molar-refractivity contribution is -0.138. The summed E-state index contributed by atoms with van der Waals surface area (Å²) in [7, 11) is 0. The topological polar surface area (TPSA) is 130 Å². The van der Waals surface area contributed by atoms with Gasteiger partial charge in [0, 0.05) is 44.9 Å². The van der Waals surface area contributed by atoms with Crippen molar-refractivity contribution in [1.29, 1.82) is 0 Å². The van der Waals surface area contributed by atoms with Gasteiger partial charge in [-0.2, -0.15) is 15.0 Å². The van der Waals surface area contributed by atoms with E-state index < -0.39 is 22.0 Å². The number of hydrogen-bond donors (Lipinski definition) is 2. The largest absolute Gasteiger partial charge is 0.614 e. The third-order valence-electron chi connectivity index (χ3n) is 7.86. The molecule has 11 heteroatoms. The standard InChI is InChI=1S/C28H29N7O3S.C6H4/c1-28(25(36)37,39(2)38)33-26-30-24(22-13-11-21(12-14-22)20-8-4-3-5-9-20)31-27(32-26)35-18-16-34(17-19-35)23-10-6-7-15-29-23;1-2-5-4-6(5)3-1/h3-15H,16-19H2,1-2H3,(H,36,37)(H,30,31,32,33);1-4H/t28?,39-;/m1./s1. The first kappa shape index (κ1) is 30.0. The van der Waals surface area contributed by atoms with E-state index in [1.807, 2.05) is 77.7 Å². The number of pyridine rings is 1. The van der Waals surface area contributed by atoms with E-state index in [1.165, 1.54) is 24.3 Å². The Labute approximate surface area is 265 Å². The molecule has 1 aliphatic heterocycles. The monoisotopic (exact) mass is 619 g/mol. The van der Waals surface area contributed by atoms with Gasteiger partial charge in [-0.3, -0.25) is 5.32 Å². The molecule has 2 aromatic heterocycles. The van der Waals surface area contributed by atoms with Crippen LogP contribution in [0.25, 0.3) is 33.6 Å². The Bertz CT molecular complexity index is 1750. The summed E-state index contributed by atoms with van der Waals surface area (Å²) < 4.78 is 12.4. The molecule has 1 fully saturated rings. The fourth-order valence-electron chi connectivity index (χ4n) is 4.95. The molecule has 1 saturated heterocycles. The lowest BCUT2D eigenvalue weighted by Gasteiger charge is -2.35. The molecule has 7 rings (SSSR count). The van der Waals surface area contributed by atoms with Crippen LogP contribution in [0.3, 0.4) is 0 Å². The molecule has 0 saturated carbocycles. The molecule has 3 aliphatic rings. The predicted octanol–water partition coefficient (Wildman–Crippen LogP) is 5.19. The van der Waals surface area contributed by atoms with Crippen LogP contribution in [0.4, 0.5) is 17.7 Å². The molecule has 3 heterocycles. The van der Waals surface area contributed by atoms with Crippen molar-refractivity contribution in [2.45, 2.75) is 11.8 Å². The van der Waals surface area contributed by atoms with Gasteiger partial charge in [0.15, 0.2) is 5.82 Å². The first-order valence-corrected chi connectivity index (χ1v) is 16.1. The van der Waals surface area contributed by atoms with E-state index in [9.17, 15) is 14.5 Å².